The highest BCUT2D eigenvalue weighted by molar-refractivity contribution is 5.85. The summed E-state index contributed by atoms with van der Waals surface area (Å²) >= 11 is 0. The van der Waals surface area contributed by atoms with E-state index in [9.17, 15) is 5.11 Å². The Labute approximate surface area is 138 Å². The van der Waals surface area contributed by atoms with Crippen LogP contribution in [0.25, 0.3) is 28.0 Å². The molecule has 6 nitrogen and oxygen atoms in total. The average Bonchev–Trinajstić information content (AvgIpc) is 3.21. The van der Waals surface area contributed by atoms with Crippen LogP contribution in [0, 0.1) is 0 Å². The van der Waals surface area contributed by atoms with Gasteiger partial charge in [0.1, 0.15) is 11.3 Å². The molecule has 2 N–H and O–H groups in total. The Bertz CT molecular complexity index is 992. The minimum atomic E-state index is -0.854. The van der Waals surface area contributed by atoms with Gasteiger partial charge in [-0.1, -0.05) is 29.5 Å². The summed E-state index contributed by atoms with van der Waals surface area (Å²) in [6.45, 7) is 3.53. The zero-order chi connectivity index (χ0) is 16.7. The van der Waals surface area contributed by atoms with E-state index in [4.69, 9.17) is 0 Å². The number of hydrogen-bond acceptors (Lipinski definition) is 4. The molecule has 0 spiro atoms. The molecule has 0 saturated carbocycles. The second-order valence-electron chi connectivity index (χ2n) is 6.26. The van der Waals surface area contributed by atoms with Crippen molar-refractivity contribution in [2.75, 3.05) is 0 Å². The second kappa shape index (κ2) is 5.28. The van der Waals surface area contributed by atoms with Crippen LogP contribution in [0.5, 0.6) is 0 Å². The number of aromatic nitrogens is 5. The van der Waals surface area contributed by atoms with Crippen LogP contribution in [0.15, 0.2) is 55.0 Å². The van der Waals surface area contributed by atoms with Gasteiger partial charge in [-0.05, 0) is 31.5 Å². The van der Waals surface area contributed by atoms with Gasteiger partial charge in [-0.15, -0.1) is 5.10 Å². The summed E-state index contributed by atoms with van der Waals surface area (Å²) in [5.41, 5.74) is 3.46. The maximum absolute atomic E-state index is 10.0. The maximum atomic E-state index is 10.0. The molecule has 3 aromatic heterocycles. The predicted octanol–water partition coefficient (Wildman–Crippen LogP) is 3.04. The quantitative estimate of drug-likeness (QED) is 0.608. The summed E-state index contributed by atoms with van der Waals surface area (Å²) in [5.74, 6) is 0. The van der Waals surface area contributed by atoms with Gasteiger partial charge in [0.15, 0.2) is 0 Å². The normalized spacial score (nSPS) is 12.0. The van der Waals surface area contributed by atoms with Crippen molar-refractivity contribution in [2.24, 2.45) is 0 Å². The van der Waals surface area contributed by atoms with E-state index in [1.54, 1.807) is 24.7 Å². The largest absolute Gasteiger partial charge is 0.386 e. The number of rotatable bonds is 3. The van der Waals surface area contributed by atoms with Crippen LogP contribution in [0.3, 0.4) is 0 Å². The van der Waals surface area contributed by atoms with Crippen molar-refractivity contribution in [1.29, 1.82) is 0 Å². The SMILES string of the molecule is CC(C)(O)c1ccc(-c2cn(-c3c[nH]c4ncccc34)nn2)cc1. The Balaban J connectivity index is 1.70. The van der Waals surface area contributed by atoms with E-state index in [-0.39, 0.29) is 0 Å². The summed E-state index contributed by atoms with van der Waals surface area (Å²) in [5, 5.41) is 19.5. The van der Waals surface area contributed by atoms with Gasteiger partial charge >= 0.3 is 0 Å². The molecule has 0 amide bonds. The highest BCUT2D eigenvalue weighted by Crippen LogP contribution is 2.25. The van der Waals surface area contributed by atoms with E-state index >= 15 is 0 Å². The van der Waals surface area contributed by atoms with Crippen LogP contribution in [0.1, 0.15) is 19.4 Å². The van der Waals surface area contributed by atoms with Crippen molar-refractivity contribution in [2.45, 2.75) is 19.4 Å². The minimum Gasteiger partial charge on any atom is -0.386 e. The molecule has 0 unspecified atom stereocenters. The maximum Gasteiger partial charge on any atom is 0.139 e. The Hall–Kier alpha value is -2.99. The Morgan fingerprint density at radius 2 is 1.92 bits per heavy atom. The van der Waals surface area contributed by atoms with Crippen molar-refractivity contribution in [3.8, 4) is 16.9 Å². The Morgan fingerprint density at radius 1 is 1.12 bits per heavy atom. The van der Waals surface area contributed by atoms with Gasteiger partial charge in [-0.3, -0.25) is 0 Å². The average molecular weight is 319 g/mol. The summed E-state index contributed by atoms with van der Waals surface area (Å²) in [6.07, 6.45) is 5.50. The third kappa shape index (κ3) is 2.47. The topological polar surface area (TPSA) is 79.6 Å². The lowest BCUT2D eigenvalue weighted by atomic mass is 9.97. The van der Waals surface area contributed by atoms with Gasteiger partial charge in [0.2, 0.25) is 0 Å². The molecule has 3 heterocycles. The Kier molecular flexibility index (Phi) is 3.21. The number of H-pyrrole nitrogens is 1. The molecule has 1 aromatic carbocycles. The van der Waals surface area contributed by atoms with Crippen LogP contribution >= 0.6 is 0 Å². The number of fused-ring (bicyclic) bond motifs is 1. The van der Waals surface area contributed by atoms with Gasteiger partial charge < -0.3 is 10.1 Å². The molecule has 0 radical (unpaired) electrons. The number of aromatic amines is 1. The van der Waals surface area contributed by atoms with Crippen LogP contribution in [0.4, 0.5) is 0 Å². The van der Waals surface area contributed by atoms with Gasteiger partial charge in [-0.2, -0.15) is 0 Å². The third-order valence-corrected chi connectivity index (χ3v) is 4.06. The molecule has 0 atom stereocenters. The second-order valence-corrected chi connectivity index (χ2v) is 6.26. The molecule has 120 valence electrons. The molecule has 0 aliphatic carbocycles. The van der Waals surface area contributed by atoms with Crippen LogP contribution in [-0.2, 0) is 5.60 Å². The smallest absolute Gasteiger partial charge is 0.139 e. The van der Waals surface area contributed by atoms with Crippen LogP contribution in [-0.4, -0.2) is 30.1 Å². The minimum absolute atomic E-state index is 0.774. The third-order valence-electron chi connectivity index (χ3n) is 4.06. The molecule has 0 aliphatic rings. The zero-order valence-corrected chi connectivity index (χ0v) is 13.4. The fraction of sp³-hybridized carbons (Fsp3) is 0.167. The summed E-state index contributed by atoms with van der Waals surface area (Å²) in [6, 6.07) is 11.6. The number of pyridine rings is 1. The van der Waals surface area contributed by atoms with E-state index in [0.29, 0.717) is 0 Å². The van der Waals surface area contributed by atoms with Gasteiger partial charge in [0.25, 0.3) is 0 Å². The number of benzene rings is 1. The lowest BCUT2D eigenvalue weighted by molar-refractivity contribution is 0.0786. The molecular weight excluding hydrogens is 302 g/mol. The fourth-order valence-corrected chi connectivity index (χ4v) is 2.69. The lowest BCUT2D eigenvalue weighted by Gasteiger charge is -2.17. The van der Waals surface area contributed by atoms with E-state index in [0.717, 1.165) is 33.5 Å². The molecule has 24 heavy (non-hydrogen) atoms. The highest BCUT2D eigenvalue weighted by atomic mass is 16.3. The molecule has 4 aromatic rings. The van der Waals surface area contributed by atoms with Crippen molar-refractivity contribution >= 4 is 11.0 Å². The molecular formula is C18H17N5O. The number of nitrogens with one attached hydrogen (secondary N) is 1. The molecule has 0 saturated heterocycles. The summed E-state index contributed by atoms with van der Waals surface area (Å²) < 4.78 is 1.74. The fourth-order valence-electron chi connectivity index (χ4n) is 2.69. The monoisotopic (exact) mass is 319 g/mol. The standard InChI is InChI=1S/C18H17N5O/c1-18(2,24)13-7-5-12(6-8-13)15-11-23(22-21-15)16-10-20-17-14(16)4-3-9-19-17/h3-11,24H,1-2H3,(H,19,20). The van der Waals surface area contributed by atoms with Crippen LogP contribution < -0.4 is 0 Å². The first-order chi connectivity index (χ1) is 11.5. The molecule has 4 rings (SSSR count). The van der Waals surface area contributed by atoms with E-state index in [2.05, 4.69) is 20.3 Å². The highest BCUT2D eigenvalue weighted by Gasteiger charge is 2.16. The summed E-state index contributed by atoms with van der Waals surface area (Å²) in [4.78, 5) is 7.42. The first kappa shape index (κ1) is 14.6. The first-order valence-corrected chi connectivity index (χ1v) is 7.70. The molecule has 0 bridgehead atoms. The van der Waals surface area contributed by atoms with Crippen molar-refractivity contribution in [1.82, 2.24) is 25.0 Å². The van der Waals surface area contributed by atoms with Crippen LogP contribution in [0.2, 0.25) is 0 Å². The van der Waals surface area contributed by atoms with Gasteiger partial charge in [0, 0.05) is 23.3 Å². The molecule has 0 aliphatic heterocycles. The first-order valence-electron chi connectivity index (χ1n) is 7.70. The van der Waals surface area contributed by atoms with Crippen molar-refractivity contribution in [3.05, 3.63) is 60.6 Å². The van der Waals surface area contributed by atoms with Gasteiger partial charge in [0.05, 0.1) is 17.5 Å². The molecule has 6 heteroatoms. The van der Waals surface area contributed by atoms with E-state index < -0.39 is 5.60 Å². The van der Waals surface area contributed by atoms with E-state index in [1.165, 1.54) is 0 Å². The lowest BCUT2D eigenvalue weighted by Crippen LogP contribution is -2.14. The van der Waals surface area contributed by atoms with Crippen molar-refractivity contribution in [3.63, 3.8) is 0 Å². The number of aliphatic hydroxyl groups is 1. The van der Waals surface area contributed by atoms with E-state index in [1.807, 2.05) is 48.8 Å². The predicted molar refractivity (Wildman–Crippen MR) is 91.7 cm³/mol. The zero-order valence-electron chi connectivity index (χ0n) is 13.4. The molecule has 0 fully saturated rings. The summed E-state index contributed by atoms with van der Waals surface area (Å²) in [7, 11) is 0. The number of nitrogens with zero attached hydrogens (tertiary/aromatic N) is 4. The van der Waals surface area contributed by atoms with Crippen molar-refractivity contribution < 1.29 is 5.11 Å². The Morgan fingerprint density at radius 3 is 2.67 bits per heavy atom. The van der Waals surface area contributed by atoms with Gasteiger partial charge in [-0.25, -0.2) is 9.67 Å². The number of hydrogen-bond donors (Lipinski definition) is 2.